The van der Waals surface area contributed by atoms with Crippen LogP contribution in [0.2, 0.25) is 0 Å². The third-order valence-electron chi connectivity index (χ3n) is 2.13. The summed E-state index contributed by atoms with van der Waals surface area (Å²) in [5, 5.41) is 8.73. The van der Waals surface area contributed by atoms with E-state index in [4.69, 9.17) is 5.11 Å². The van der Waals surface area contributed by atoms with Crippen LogP contribution in [0, 0.1) is 0 Å². The highest BCUT2D eigenvalue weighted by Crippen LogP contribution is 2.18. The molecule has 0 aliphatic heterocycles. The molecule has 0 unspecified atom stereocenters. The van der Waals surface area contributed by atoms with Gasteiger partial charge in [-0.2, -0.15) is 0 Å². The maximum absolute atomic E-state index is 10.6. The van der Waals surface area contributed by atoms with Gasteiger partial charge in [0, 0.05) is 12.4 Å². The number of benzene rings is 1. The number of halogens is 1. The molecule has 0 aliphatic carbocycles. The van der Waals surface area contributed by atoms with Gasteiger partial charge in [0.25, 0.3) is 0 Å². The fourth-order valence-electron chi connectivity index (χ4n) is 1.34. The molecule has 0 saturated carbocycles. The Balaban J connectivity index is 0.00000128. The largest absolute Gasteiger partial charge is 0.478 e. The van der Waals surface area contributed by atoms with Crippen LogP contribution in [0.4, 0.5) is 0 Å². The summed E-state index contributed by atoms with van der Waals surface area (Å²) in [6, 6.07) is 10.5. The summed E-state index contributed by atoms with van der Waals surface area (Å²) >= 11 is 0. The number of nitrogens with zero attached hydrogens (tertiary/aromatic N) is 1. The molecule has 0 radical (unpaired) electrons. The molecule has 2 rings (SSSR count). The minimum absolute atomic E-state index is 0. The molecule has 0 fully saturated rings. The third kappa shape index (κ3) is 2.58. The third-order valence-corrected chi connectivity index (χ3v) is 2.13. The molecule has 2 aromatic rings. The van der Waals surface area contributed by atoms with Crippen LogP contribution in [0.15, 0.2) is 48.8 Å². The topological polar surface area (TPSA) is 50.2 Å². The number of carbonyl (C=O) groups is 1. The SMILES string of the molecule is Cl.O=C(O)c1ccc(-c2cccnc2)cc1. The number of rotatable bonds is 2. The smallest absolute Gasteiger partial charge is 0.335 e. The predicted molar refractivity (Wildman–Crippen MR) is 63.9 cm³/mol. The Bertz CT molecular complexity index is 468. The highest BCUT2D eigenvalue weighted by Gasteiger charge is 2.02. The van der Waals surface area contributed by atoms with Gasteiger partial charge in [-0.25, -0.2) is 4.79 Å². The van der Waals surface area contributed by atoms with Crippen molar-refractivity contribution in [2.75, 3.05) is 0 Å². The number of carboxylic acid groups (broad SMARTS) is 1. The highest BCUT2D eigenvalue weighted by molar-refractivity contribution is 5.88. The monoisotopic (exact) mass is 235 g/mol. The van der Waals surface area contributed by atoms with E-state index < -0.39 is 5.97 Å². The summed E-state index contributed by atoms with van der Waals surface area (Å²) in [5.74, 6) is -0.910. The highest BCUT2D eigenvalue weighted by atomic mass is 35.5. The second-order valence-electron chi connectivity index (χ2n) is 3.12. The van der Waals surface area contributed by atoms with Crippen molar-refractivity contribution >= 4 is 18.4 Å². The molecule has 82 valence electrons. The molecule has 0 bridgehead atoms. The average molecular weight is 236 g/mol. The van der Waals surface area contributed by atoms with Crippen LogP contribution < -0.4 is 0 Å². The Morgan fingerprint density at radius 2 is 1.75 bits per heavy atom. The van der Waals surface area contributed by atoms with Crippen molar-refractivity contribution in [3.05, 3.63) is 54.4 Å². The molecular weight excluding hydrogens is 226 g/mol. The number of aromatic nitrogens is 1. The van der Waals surface area contributed by atoms with Crippen molar-refractivity contribution in [2.24, 2.45) is 0 Å². The van der Waals surface area contributed by atoms with Crippen LogP contribution in [0.1, 0.15) is 10.4 Å². The molecule has 4 heteroatoms. The Labute approximate surface area is 99.2 Å². The summed E-state index contributed by atoms with van der Waals surface area (Å²) in [6.07, 6.45) is 3.45. The molecule has 1 N–H and O–H groups in total. The maximum atomic E-state index is 10.6. The quantitative estimate of drug-likeness (QED) is 0.871. The zero-order valence-electron chi connectivity index (χ0n) is 8.33. The van der Waals surface area contributed by atoms with Gasteiger partial charge in [-0.15, -0.1) is 12.4 Å². The van der Waals surface area contributed by atoms with Gasteiger partial charge in [-0.05, 0) is 29.3 Å². The maximum Gasteiger partial charge on any atom is 0.335 e. The van der Waals surface area contributed by atoms with E-state index in [-0.39, 0.29) is 12.4 Å². The number of pyridine rings is 1. The van der Waals surface area contributed by atoms with E-state index in [1.165, 1.54) is 0 Å². The lowest BCUT2D eigenvalue weighted by molar-refractivity contribution is 0.0697. The second-order valence-corrected chi connectivity index (χ2v) is 3.12. The average Bonchev–Trinajstić information content (AvgIpc) is 2.30. The number of carboxylic acids is 1. The predicted octanol–water partition coefficient (Wildman–Crippen LogP) is 2.87. The molecule has 1 heterocycles. The van der Waals surface area contributed by atoms with Crippen molar-refractivity contribution in [1.29, 1.82) is 0 Å². The van der Waals surface area contributed by atoms with Crippen LogP contribution >= 0.6 is 12.4 Å². The molecule has 3 nitrogen and oxygen atoms in total. The summed E-state index contributed by atoms with van der Waals surface area (Å²) in [6.45, 7) is 0. The Morgan fingerprint density at radius 3 is 2.25 bits per heavy atom. The Hall–Kier alpha value is -1.87. The van der Waals surface area contributed by atoms with Crippen LogP contribution in [-0.2, 0) is 0 Å². The molecule has 0 aliphatic rings. The fourth-order valence-corrected chi connectivity index (χ4v) is 1.34. The van der Waals surface area contributed by atoms with Crippen molar-refractivity contribution < 1.29 is 9.90 Å². The standard InChI is InChI=1S/C12H9NO2.ClH/c14-12(15)10-5-3-9(4-6-10)11-2-1-7-13-8-11;/h1-8H,(H,14,15);1H. The molecule has 1 aromatic heterocycles. The number of hydrogen-bond acceptors (Lipinski definition) is 2. The molecule has 0 amide bonds. The van der Waals surface area contributed by atoms with Crippen LogP contribution in [0.25, 0.3) is 11.1 Å². The first-order chi connectivity index (χ1) is 7.27. The van der Waals surface area contributed by atoms with Crippen molar-refractivity contribution in [2.45, 2.75) is 0 Å². The molecule has 0 atom stereocenters. The Kier molecular flexibility index (Phi) is 4.03. The van der Waals surface area contributed by atoms with E-state index in [0.717, 1.165) is 11.1 Å². The van der Waals surface area contributed by atoms with Gasteiger partial charge in [0.1, 0.15) is 0 Å². The van der Waals surface area contributed by atoms with E-state index in [1.807, 2.05) is 12.1 Å². The molecule has 16 heavy (non-hydrogen) atoms. The normalized spacial score (nSPS) is 9.25. The minimum Gasteiger partial charge on any atom is -0.478 e. The molecule has 1 aromatic carbocycles. The molecule has 0 saturated heterocycles. The van der Waals surface area contributed by atoms with Crippen LogP contribution in [-0.4, -0.2) is 16.1 Å². The second kappa shape index (κ2) is 5.28. The van der Waals surface area contributed by atoms with Gasteiger partial charge in [0.2, 0.25) is 0 Å². The van der Waals surface area contributed by atoms with E-state index >= 15 is 0 Å². The lowest BCUT2D eigenvalue weighted by atomic mass is 10.1. The zero-order chi connectivity index (χ0) is 10.7. The van der Waals surface area contributed by atoms with Crippen molar-refractivity contribution in [1.82, 2.24) is 4.98 Å². The summed E-state index contributed by atoms with van der Waals surface area (Å²) in [4.78, 5) is 14.6. The lowest BCUT2D eigenvalue weighted by Gasteiger charge is -2.00. The molecular formula is C12H10ClNO2. The number of aromatic carboxylic acids is 1. The van der Waals surface area contributed by atoms with E-state index in [2.05, 4.69) is 4.98 Å². The van der Waals surface area contributed by atoms with Gasteiger partial charge < -0.3 is 5.11 Å². The van der Waals surface area contributed by atoms with Crippen molar-refractivity contribution in [3.63, 3.8) is 0 Å². The molecule has 0 spiro atoms. The minimum atomic E-state index is -0.910. The fraction of sp³-hybridized carbons (Fsp3) is 0. The van der Waals surface area contributed by atoms with Gasteiger partial charge >= 0.3 is 5.97 Å². The first kappa shape index (κ1) is 12.2. The Morgan fingerprint density at radius 1 is 1.06 bits per heavy atom. The first-order valence-corrected chi connectivity index (χ1v) is 4.51. The summed E-state index contributed by atoms with van der Waals surface area (Å²) in [5.41, 5.74) is 2.24. The lowest BCUT2D eigenvalue weighted by Crippen LogP contribution is -1.94. The van der Waals surface area contributed by atoms with Gasteiger partial charge in [0.05, 0.1) is 5.56 Å². The van der Waals surface area contributed by atoms with Crippen LogP contribution in [0.3, 0.4) is 0 Å². The number of hydrogen-bond donors (Lipinski definition) is 1. The van der Waals surface area contributed by atoms with E-state index in [0.29, 0.717) is 5.56 Å². The van der Waals surface area contributed by atoms with E-state index in [9.17, 15) is 4.79 Å². The van der Waals surface area contributed by atoms with Crippen molar-refractivity contribution in [3.8, 4) is 11.1 Å². The van der Waals surface area contributed by atoms with Crippen LogP contribution in [0.5, 0.6) is 0 Å². The summed E-state index contributed by atoms with van der Waals surface area (Å²) < 4.78 is 0. The zero-order valence-corrected chi connectivity index (χ0v) is 9.15. The van der Waals surface area contributed by atoms with Gasteiger partial charge in [-0.1, -0.05) is 18.2 Å². The summed E-state index contributed by atoms with van der Waals surface area (Å²) in [7, 11) is 0. The first-order valence-electron chi connectivity index (χ1n) is 4.51. The van der Waals surface area contributed by atoms with Gasteiger partial charge in [0.15, 0.2) is 0 Å². The van der Waals surface area contributed by atoms with E-state index in [1.54, 1.807) is 36.7 Å². The van der Waals surface area contributed by atoms with Gasteiger partial charge in [-0.3, -0.25) is 4.98 Å².